The van der Waals surface area contributed by atoms with Crippen molar-refractivity contribution >= 4 is 17.9 Å². The third-order valence-electron chi connectivity index (χ3n) is 2.94. The van der Waals surface area contributed by atoms with Crippen molar-refractivity contribution in [3.05, 3.63) is 56.7 Å². The maximum Gasteiger partial charge on any atom is 0.342 e. The Kier molecular flexibility index (Phi) is 5.40. The van der Waals surface area contributed by atoms with Crippen LogP contribution < -0.4 is 22.0 Å². The average molecular weight is 316 g/mol. The zero-order valence-electron chi connectivity index (χ0n) is 12.4. The van der Waals surface area contributed by atoms with Crippen molar-refractivity contribution in [1.29, 1.82) is 0 Å². The van der Waals surface area contributed by atoms with Gasteiger partial charge in [-0.3, -0.25) is 14.6 Å². The molecule has 4 N–H and O–H groups in total. The molecule has 0 aliphatic carbocycles. The minimum absolute atomic E-state index is 0.0492. The number of hydrazone groups is 1. The highest BCUT2D eigenvalue weighted by atomic mass is 16.2. The highest BCUT2D eigenvalue weighted by Crippen LogP contribution is 2.11. The lowest BCUT2D eigenvalue weighted by Gasteiger charge is -2.06. The van der Waals surface area contributed by atoms with Gasteiger partial charge in [0, 0.05) is 12.1 Å². The first-order valence-electron chi connectivity index (χ1n) is 6.86. The molecule has 0 aliphatic heterocycles. The van der Waals surface area contributed by atoms with E-state index in [1.165, 1.54) is 0 Å². The molecule has 0 bridgehead atoms. The van der Waals surface area contributed by atoms with E-state index >= 15 is 0 Å². The van der Waals surface area contributed by atoms with E-state index in [1.54, 1.807) is 6.21 Å². The summed E-state index contributed by atoms with van der Waals surface area (Å²) in [7, 11) is 0. The number of anilines is 1. The molecule has 1 atom stereocenters. The average Bonchev–Trinajstić information content (AvgIpc) is 2.54. The summed E-state index contributed by atoms with van der Waals surface area (Å²) >= 11 is 0. The Hall–Kier alpha value is -3.23. The topological polar surface area (TPSA) is 132 Å². The lowest BCUT2D eigenvalue weighted by Crippen LogP contribution is -2.31. The number of benzene rings is 1. The first-order chi connectivity index (χ1) is 11.1. The summed E-state index contributed by atoms with van der Waals surface area (Å²) in [5, 5.41) is 11.9. The second-order valence-electron chi connectivity index (χ2n) is 4.72. The molecule has 120 valence electrons. The number of hydrogen-bond acceptors (Lipinski definition) is 6. The molecule has 1 amide bonds. The van der Waals surface area contributed by atoms with Gasteiger partial charge in [-0.1, -0.05) is 37.3 Å². The number of carbonyl (C=O) groups excluding carboxylic acids is 1. The van der Waals surface area contributed by atoms with Crippen LogP contribution in [0.1, 0.15) is 18.4 Å². The zero-order valence-corrected chi connectivity index (χ0v) is 12.4. The Balaban J connectivity index is 1.82. The molecule has 0 radical (unpaired) electrons. The molecule has 2 rings (SSSR count). The monoisotopic (exact) mass is 316 g/mol. The van der Waals surface area contributed by atoms with Crippen LogP contribution in [-0.2, 0) is 4.79 Å². The predicted molar refractivity (Wildman–Crippen MR) is 85.5 cm³/mol. The van der Waals surface area contributed by atoms with Crippen molar-refractivity contribution in [2.75, 3.05) is 11.9 Å². The second-order valence-corrected chi connectivity index (χ2v) is 4.72. The van der Waals surface area contributed by atoms with Crippen molar-refractivity contribution in [2.24, 2.45) is 5.10 Å². The predicted octanol–water partition coefficient (Wildman–Crippen LogP) is -0.224. The Labute approximate surface area is 130 Å². The first-order valence-corrected chi connectivity index (χ1v) is 6.86. The van der Waals surface area contributed by atoms with Crippen molar-refractivity contribution in [2.45, 2.75) is 12.8 Å². The second kappa shape index (κ2) is 7.69. The lowest BCUT2D eigenvalue weighted by molar-refractivity contribution is -0.119. The quantitative estimate of drug-likeness (QED) is 0.432. The van der Waals surface area contributed by atoms with Crippen LogP contribution in [0.4, 0.5) is 5.82 Å². The SMILES string of the molecule is CC(/C=N\NC(=O)CNc1n[nH]c(=O)[nH]c1=O)c1ccccc1. The van der Waals surface area contributed by atoms with Gasteiger partial charge in [-0.25, -0.2) is 15.3 Å². The molecule has 0 saturated carbocycles. The van der Waals surface area contributed by atoms with Crippen LogP contribution in [0.2, 0.25) is 0 Å². The molecule has 2 aromatic rings. The molecule has 1 aromatic heterocycles. The fourth-order valence-electron chi connectivity index (χ4n) is 1.73. The summed E-state index contributed by atoms with van der Waals surface area (Å²) in [6, 6.07) is 9.71. The maximum atomic E-state index is 11.6. The minimum Gasteiger partial charge on any atom is -0.355 e. The fourth-order valence-corrected chi connectivity index (χ4v) is 1.73. The summed E-state index contributed by atoms with van der Waals surface area (Å²) in [5.74, 6) is -0.552. The van der Waals surface area contributed by atoms with Gasteiger partial charge in [-0.05, 0) is 5.56 Å². The Bertz CT molecular complexity index is 796. The molecule has 0 fully saturated rings. The van der Waals surface area contributed by atoms with Crippen LogP contribution in [0.25, 0.3) is 0 Å². The molecule has 9 heteroatoms. The van der Waals surface area contributed by atoms with E-state index in [-0.39, 0.29) is 18.3 Å². The number of amides is 1. The van der Waals surface area contributed by atoms with E-state index in [0.29, 0.717) is 0 Å². The van der Waals surface area contributed by atoms with Gasteiger partial charge in [0.05, 0.1) is 6.54 Å². The molecule has 23 heavy (non-hydrogen) atoms. The van der Waals surface area contributed by atoms with E-state index in [2.05, 4.69) is 26.0 Å². The van der Waals surface area contributed by atoms with Crippen LogP contribution in [-0.4, -0.2) is 33.8 Å². The Morgan fingerprint density at radius 1 is 1.35 bits per heavy atom. The van der Waals surface area contributed by atoms with Gasteiger partial charge in [0.1, 0.15) is 0 Å². The fraction of sp³-hybridized carbons (Fsp3) is 0.214. The standard InChI is InChI=1S/C14H16N6O3/c1-9(10-5-3-2-4-6-10)7-16-18-11(21)8-15-12-13(22)17-14(23)20-19-12/h2-7,9H,8H2,1H3,(H,15,19)(H,18,21)(H2,17,20,22,23)/b16-7-. The van der Waals surface area contributed by atoms with Crippen LogP contribution >= 0.6 is 0 Å². The van der Waals surface area contributed by atoms with Gasteiger partial charge in [0.25, 0.3) is 11.5 Å². The van der Waals surface area contributed by atoms with E-state index < -0.39 is 17.2 Å². The number of hydrogen-bond donors (Lipinski definition) is 4. The maximum absolute atomic E-state index is 11.6. The normalized spacial score (nSPS) is 12.0. The number of nitrogens with one attached hydrogen (secondary N) is 4. The summed E-state index contributed by atoms with van der Waals surface area (Å²) in [4.78, 5) is 35.8. The van der Waals surface area contributed by atoms with Crippen molar-refractivity contribution in [3.63, 3.8) is 0 Å². The van der Waals surface area contributed by atoms with Crippen molar-refractivity contribution in [1.82, 2.24) is 20.6 Å². The molecule has 1 heterocycles. The van der Waals surface area contributed by atoms with Gasteiger partial charge in [-0.15, -0.1) is 5.10 Å². The summed E-state index contributed by atoms with van der Waals surface area (Å²) in [5.41, 5.74) is 1.99. The number of H-pyrrole nitrogens is 2. The van der Waals surface area contributed by atoms with E-state index in [9.17, 15) is 14.4 Å². The number of carbonyl (C=O) groups is 1. The summed E-state index contributed by atoms with van der Waals surface area (Å²) in [6.07, 6.45) is 1.61. The number of aromatic amines is 2. The number of nitrogens with zero attached hydrogens (tertiary/aromatic N) is 2. The molecular formula is C14H16N6O3. The molecule has 0 saturated heterocycles. The van der Waals surface area contributed by atoms with Crippen molar-refractivity contribution < 1.29 is 4.79 Å². The molecule has 0 spiro atoms. The molecule has 9 nitrogen and oxygen atoms in total. The first kappa shape index (κ1) is 16.1. The Morgan fingerprint density at radius 2 is 2.09 bits per heavy atom. The third kappa shape index (κ3) is 4.92. The molecule has 1 unspecified atom stereocenters. The van der Waals surface area contributed by atoms with Crippen LogP contribution in [0.3, 0.4) is 0 Å². The van der Waals surface area contributed by atoms with Gasteiger partial charge in [0.2, 0.25) is 5.82 Å². The van der Waals surface area contributed by atoms with E-state index in [0.717, 1.165) is 5.56 Å². The Morgan fingerprint density at radius 3 is 2.78 bits per heavy atom. The lowest BCUT2D eigenvalue weighted by atomic mass is 10.0. The minimum atomic E-state index is -0.718. The molecule has 0 aliphatic rings. The summed E-state index contributed by atoms with van der Waals surface area (Å²) < 4.78 is 0. The number of aromatic nitrogens is 3. The van der Waals surface area contributed by atoms with Crippen molar-refractivity contribution in [3.8, 4) is 0 Å². The molecule has 1 aromatic carbocycles. The van der Waals surface area contributed by atoms with Gasteiger partial charge in [0.15, 0.2) is 0 Å². The van der Waals surface area contributed by atoms with E-state index in [4.69, 9.17) is 0 Å². The van der Waals surface area contributed by atoms with Gasteiger partial charge >= 0.3 is 5.69 Å². The van der Waals surface area contributed by atoms with E-state index in [1.807, 2.05) is 42.2 Å². The van der Waals surface area contributed by atoms with Gasteiger partial charge < -0.3 is 5.32 Å². The van der Waals surface area contributed by atoms with Gasteiger partial charge in [-0.2, -0.15) is 5.10 Å². The largest absolute Gasteiger partial charge is 0.355 e. The highest BCUT2D eigenvalue weighted by Gasteiger charge is 2.05. The van der Waals surface area contributed by atoms with Crippen LogP contribution in [0.5, 0.6) is 0 Å². The zero-order chi connectivity index (χ0) is 16.7. The molecular weight excluding hydrogens is 300 g/mol. The number of rotatable bonds is 6. The summed E-state index contributed by atoms with van der Waals surface area (Å²) in [6.45, 7) is 1.74. The highest BCUT2D eigenvalue weighted by molar-refractivity contribution is 5.81. The third-order valence-corrected chi connectivity index (χ3v) is 2.94. The van der Waals surface area contributed by atoms with Crippen LogP contribution in [0, 0.1) is 0 Å². The smallest absolute Gasteiger partial charge is 0.342 e. The van der Waals surface area contributed by atoms with Crippen LogP contribution in [0.15, 0.2) is 45.0 Å².